The monoisotopic (exact) mass is 645 g/mol. The molecule has 2 bridgehead atoms. The maximum Gasteiger partial charge on any atom is 0.508 e. The molecule has 15 atom stereocenters. The molecule has 45 heavy (non-hydrogen) atoms. The van der Waals surface area contributed by atoms with Crippen molar-refractivity contribution < 1.29 is 58.1 Å². The highest BCUT2D eigenvalue weighted by Gasteiger charge is 2.55. The molecule has 13 heteroatoms. The number of aliphatic hydroxyl groups is 3. The molecule has 0 saturated carbocycles. The van der Waals surface area contributed by atoms with Gasteiger partial charge >= 0.3 is 18.1 Å². The van der Waals surface area contributed by atoms with Crippen molar-refractivity contribution in [1.82, 2.24) is 4.90 Å². The van der Waals surface area contributed by atoms with E-state index in [2.05, 4.69) is 0 Å². The molecular formula is C32H55NO12. The summed E-state index contributed by atoms with van der Waals surface area (Å²) in [4.78, 5) is 40.2. The molecule has 3 heterocycles. The maximum atomic E-state index is 13.4. The molecule has 0 aromatic rings. The summed E-state index contributed by atoms with van der Waals surface area (Å²) in [5.41, 5.74) is -3.47. The molecule has 3 N–H and O–H groups in total. The summed E-state index contributed by atoms with van der Waals surface area (Å²) < 4.78 is 35.3. The van der Waals surface area contributed by atoms with Crippen LogP contribution < -0.4 is 0 Å². The van der Waals surface area contributed by atoms with Crippen molar-refractivity contribution in [2.24, 2.45) is 23.7 Å². The first-order valence-corrected chi connectivity index (χ1v) is 16.1. The molecule has 0 aromatic carbocycles. The van der Waals surface area contributed by atoms with Crippen LogP contribution in [0.1, 0.15) is 81.6 Å². The first-order valence-electron chi connectivity index (χ1n) is 16.1. The highest BCUT2D eigenvalue weighted by Crippen LogP contribution is 2.41. The van der Waals surface area contributed by atoms with Crippen molar-refractivity contribution >= 4 is 18.1 Å². The number of ether oxygens (including phenoxy) is 6. The Balaban J connectivity index is 2.10. The van der Waals surface area contributed by atoms with Gasteiger partial charge in [0.05, 0.1) is 35.9 Å². The number of hydrogen-bond donors (Lipinski definition) is 3. The first-order chi connectivity index (χ1) is 20.7. The van der Waals surface area contributed by atoms with Gasteiger partial charge in [0.2, 0.25) is 0 Å². The predicted octanol–water partition coefficient (Wildman–Crippen LogP) is 2.41. The molecule has 3 aliphatic rings. The number of cyclic esters (lactones) is 1. The van der Waals surface area contributed by atoms with Crippen LogP contribution >= 0.6 is 0 Å². The maximum absolute atomic E-state index is 13.4. The predicted molar refractivity (Wildman–Crippen MR) is 161 cm³/mol. The van der Waals surface area contributed by atoms with Crippen LogP contribution in [0.2, 0.25) is 0 Å². The fourth-order valence-electron chi connectivity index (χ4n) is 7.56. The van der Waals surface area contributed by atoms with Crippen molar-refractivity contribution in [3.05, 3.63) is 0 Å². The molecule has 3 fully saturated rings. The molecule has 3 aliphatic heterocycles. The van der Waals surface area contributed by atoms with Gasteiger partial charge in [0, 0.05) is 18.8 Å². The number of carbonyl (C=O) groups excluding carboxylic acids is 3. The molecule has 0 radical (unpaired) electrons. The smallest absolute Gasteiger partial charge is 0.459 e. The van der Waals surface area contributed by atoms with E-state index in [0.717, 1.165) is 0 Å². The van der Waals surface area contributed by atoms with Crippen LogP contribution in [-0.4, -0.2) is 119 Å². The number of aliphatic hydroxyl groups excluding tert-OH is 1. The Morgan fingerprint density at radius 1 is 1.02 bits per heavy atom. The van der Waals surface area contributed by atoms with E-state index < -0.39 is 95.9 Å². The normalized spacial score (nSPS) is 46.8. The van der Waals surface area contributed by atoms with Crippen LogP contribution in [0.15, 0.2) is 0 Å². The lowest BCUT2D eigenvalue weighted by atomic mass is 9.73. The first kappa shape index (κ1) is 37.4. The van der Waals surface area contributed by atoms with Crippen molar-refractivity contribution in [2.75, 3.05) is 14.1 Å². The molecular weight excluding hydrogens is 590 g/mol. The summed E-state index contributed by atoms with van der Waals surface area (Å²) in [6.07, 6.45) is -7.90. The molecule has 0 aliphatic carbocycles. The van der Waals surface area contributed by atoms with Gasteiger partial charge in [-0.3, -0.25) is 9.59 Å². The molecule has 3 rings (SSSR count). The van der Waals surface area contributed by atoms with E-state index in [1.54, 1.807) is 27.7 Å². The van der Waals surface area contributed by atoms with E-state index in [1.807, 2.05) is 32.8 Å². The fourth-order valence-corrected chi connectivity index (χ4v) is 7.56. The number of nitrogens with zero attached hydrogens (tertiary/aromatic N) is 1. The van der Waals surface area contributed by atoms with Crippen LogP contribution in [0.5, 0.6) is 0 Å². The number of carbonyl (C=O) groups is 3. The second-order valence-corrected chi connectivity index (χ2v) is 14.2. The number of esters is 2. The summed E-state index contributed by atoms with van der Waals surface area (Å²) in [6.45, 7) is 14.6. The highest BCUT2D eigenvalue weighted by molar-refractivity contribution is 5.73. The second kappa shape index (κ2) is 14.4. The minimum absolute atomic E-state index is 0.0273. The van der Waals surface area contributed by atoms with Crippen molar-refractivity contribution in [3.8, 4) is 0 Å². The number of rotatable bonds is 5. The molecule has 0 amide bonds. The molecule has 0 aromatic heterocycles. The SMILES string of the molecule is CC[C@H]1OC(=O)[C@H](C)[C@@H](O)[C@H](C)[C@@H](O[C@@H]2O[C@H](C)C[C@H](N(C)C)[C@H]2OC(C)=O)[C@@](C)(O)C[C@@H](C)[C@@H]2OC(=O)O[C@H]([C@H]2C)[C@]1(C)O. The zero-order valence-corrected chi connectivity index (χ0v) is 28.6. The van der Waals surface area contributed by atoms with Crippen molar-refractivity contribution in [3.63, 3.8) is 0 Å². The van der Waals surface area contributed by atoms with Gasteiger partial charge in [0.1, 0.15) is 23.9 Å². The van der Waals surface area contributed by atoms with Crippen molar-refractivity contribution in [2.45, 2.75) is 148 Å². The molecule has 13 nitrogen and oxygen atoms in total. The Bertz CT molecular complexity index is 1050. The lowest BCUT2D eigenvalue weighted by Gasteiger charge is -2.49. The third kappa shape index (κ3) is 8.10. The quantitative estimate of drug-likeness (QED) is 0.294. The number of likely N-dealkylation sites (N-methyl/N-ethyl adjacent to an activating group) is 1. The summed E-state index contributed by atoms with van der Waals surface area (Å²) in [6, 6.07) is -0.266. The zero-order valence-electron chi connectivity index (χ0n) is 28.6. The average molecular weight is 646 g/mol. The van der Waals surface area contributed by atoms with E-state index in [4.69, 9.17) is 28.4 Å². The molecule has 260 valence electrons. The zero-order chi connectivity index (χ0) is 34.2. The topological polar surface area (TPSA) is 171 Å². The van der Waals surface area contributed by atoms with Gasteiger partial charge in [-0.1, -0.05) is 27.7 Å². The number of fused-ring (bicyclic) bond motifs is 2. The molecule has 3 saturated heterocycles. The summed E-state index contributed by atoms with van der Waals surface area (Å²) in [5, 5.41) is 35.4. The highest BCUT2D eigenvalue weighted by atomic mass is 16.7. The molecule has 0 spiro atoms. The van der Waals surface area contributed by atoms with Gasteiger partial charge in [-0.15, -0.1) is 0 Å². The summed E-state index contributed by atoms with van der Waals surface area (Å²) in [7, 11) is 3.72. The van der Waals surface area contributed by atoms with Gasteiger partial charge in [0.25, 0.3) is 0 Å². The standard InChI is InChI=1S/C32H55NO12/c1-12-22-32(9,39)27-19(6)24(43-30(37)45-27)15(2)14-31(8,38)26(17(4)23(35)18(5)28(36)42-22)44-29-25(41-20(7)34)21(33(10)11)13-16(3)40-29/h15-19,21-27,29,35,38-39H,12-14H2,1-11H3/t15-,16-,17+,18-,19+,21+,22-,23+,24+,25-,26-,27-,29+,31+,32-/m1/s1. The van der Waals surface area contributed by atoms with Crippen LogP contribution in [-0.2, 0) is 38.0 Å². The Hall–Kier alpha value is -2.03. The average Bonchev–Trinajstić information content (AvgIpc) is 2.93. The summed E-state index contributed by atoms with van der Waals surface area (Å²) in [5.74, 6) is -4.32. The minimum atomic E-state index is -1.78. The van der Waals surface area contributed by atoms with Crippen LogP contribution in [0.25, 0.3) is 0 Å². The van der Waals surface area contributed by atoms with E-state index in [1.165, 1.54) is 20.8 Å². The van der Waals surface area contributed by atoms with Crippen molar-refractivity contribution in [1.29, 1.82) is 0 Å². The van der Waals surface area contributed by atoms with Gasteiger partial charge < -0.3 is 48.6 Å². The second-order valence-electron chi connectivity index (χ2n) is 14.2. The van der Waals surface area contributed by atoms with E-state index >= 15 is 0 Å². The van der Waals surface area contributed by atoms with Gasteiger partial charge in [-0.2, -0.15) is 0 Å². The Morgan fingerprint density at radius 3 is 2.20 bits per heavy atom. The fraction of sp³-hybridized carbons (Fsp3) is 0.906. The van der Waals surface area contributed by atoms with E-state index in [0.29, 0.717) is 6.42 Å². The Morgan fingerprint density at radius 2 is 1.64 bits per heavy atom. The Kier molecular flexibility index (Phi) is 12.0. The lowest BCUT2D eigenvalue weighted by Crippen LogP contribution is -2.62. The summed E-state index contributed by atoms with van der Waals surface area (Å²) >= 11 is 0. The largest absolute Gasteiger partial charge is 0.508 e. The minimum Gasteiger partial charge on any atom is -0.459 e. The van der Waals surface area contributed by atoms with Gasteiger partial charge in [-0.05, 0) is 67.0 Å². The van der Waals surface area contributed by atoms with Crippen LogP contribution in [0, 0.1) is 23.7 Å². The van der Waals surface area contributed by atoms with Crippen LogP contribution in [0.4, 0.5) is 4.79 Å². The van der Waals surface area contributed by atoms with Gasteiger partial charge in [-0.25, -0.2) is 4.79 Å². The van der Waals surface area contributed by atoms with Gasteiger partial charge in [0.15, 0.2) is 12.4 Å². The lowest BCUT2D eigenvalue weighted by molar-refractivity contribution is -0.302. The van der Waals surface area contributed by atoms with Crippen LogP contribution in [0.3, 0.4) is 0 Å². The van der Waals surface area contributed by atoms with E-state index in [-0.39, 0.29) is 25.0 Å². The van der Waals surface area contributed by atoms with E-state index in [9.17, 15) is 29.7 Å². The third-order valence-corrected chi connectivity index (χ3v) is 9.95. The molecule has 0 unspecified atom stereocenters. The Labute approximate surface area is 266 Å². The third-order valence-electron chi connectivity index (χ3n) is 9.95. The number of hydrogen-bond acceptors (Lipinski definition) is 13.